The van der Waals surface area contributed by atoms with Gasteiger partial charge in [0.2, 0.25) is 0 Å². The molecule has 2 rings (SSSR count). The van der Waals surface area contributed by atoms with Crippen molar-refractivity contribution in [3.63, 3.8) is 0 Å². The standard InChI is InChI=1S/C32H50O/c1-5-9-11-13-15-17-23-29-27(7-3)21-19-25-31(29)33-32-26-20-22-28(8-4)30(32)24-18-16-14-12-10-6-2/h19-22,25-26H,5-18,23-24H2,1-4H3. The summed E-state index contributed by atoms with van der Waals surface area (Å²) in [6.45, 7) is 9.11. The maximum absolute atomic E-state index is 6.72. The van der Waals surface area contributed by atoms with Gasteiger partial charge in [-0.05, 0) is 72.9 Å². The average Bonchev–Trinajstić information content (AvgIpc) is 2.84. The van der Waals surface area contributed by atoms with Gasteiger partial charge in [0.25, 0.3) is 0 Å². The van der Waals surface area contributed by atoms with E-state index < -0.39 is 0 Å². The third-order valence-corrected chi connectivity index (χ3v) is 7.00. The molecule has 0 heterocycles. The van der Waals surface area contributed by atoms with E-state index in [4.69, 9.17) is 4.74 Å². The van der Waals surface area contributed by atoms with Crippen molar-refractivity contribution in [2.24, 2.45) is 0 Å². The first-order valence-electron chi connectivity index (χ1n) is 14.1. The first-order valence-corrected chi connectivity index (χ1v) is 14.1. The van der Waals surface area contributed by atoms with Gasteiger partial charge in [0.05, 0.1) is 0 Å². The molecule has 0 aliphatic heterocycles. The van der Waals surface area contributed by atoms with E-state index in [1.54, 1.807) is 0 Å². The maximum atomic E-state index is 6.72. The van der Waals surface area contributed by atoms with Gasteiger partial charge in [-0.1, -0.05) is 116 Å². The molecule has 0 N–H and O–H groups in total. The van der Waals surface area contributed by atoms with Crippen LogP contribution in [0.1, 0.15) is 127 Å². The number of hydrogen-bond donors (Lipinski definition) is 0. The minimum absolute atomic E-state index is 1.07. The third kappa shape index (κ3) is 9.55. The fraction of sp³-hybridized carbons (Fsp3) is 0.625. The van der Waals surface area contributed by atoms with E-state index in [9.17, 15) is 0 Å². The van der Waals surface area contributed by atoms with E-state index in [2.05, 4.69) is 64.1 Å². The van der Waals surface area contributed by atoms with Gasteiger partial charge in [-0.3, -0.25) is 0 Å². The molecule has 33 heavy (non-hydrogen) atoms. The number of benzene rings is 2. The van der Waals surface area contributed by atoms with E-state index in [0.29, 0.717) is 0 Å². The highest BCUT2D eigenvalue weighted by atomic mass is 16.5. The molecule has 1 nitrogen and oxygen atoms in total. The molecule has 0 spiro atoms. The topological polar surface area (TPSA) is 9.23 Å². The molecule has 184 valence electrons. The van der Waals surface area contributed by atoms with Crippen LogP contribution in [0, 0.1) is 0 Å². The Hall–Kier alpha value is -1.76. The highest BCUT2D eigenvalue weighted by molar-refractivity contribution is 5.47. The molecule has 0 saturated heterocycles. The van der Waals surface area contributed by atoms with Crippen molar-refractivity contribution in [1.29, 1.82) is 0 Å². The van der Waals surface area contributed by atoms with Crippen molar-refractivity contribution in [3.8, 4) is 11.5 Å². The van der Waals surface area contributed by atoms with Crippen molar-refractivity contribution in [1.82, 2.24) is 0 Å². The summed E-state index contributed by atoms with van der Waals surface area (Å²) < 4.78 is 6.72. The highest BCUT2D eigenvalue weighted by Gasteiger charge is 2.14. The first-order chi connectivity index (χ1) is 16.2. The molecule has 2 aromatic rings. The zero-order valence-corrected chi connectivity index (χ0v) is 22.2. The Morgan fingerprint density at radius 2 is 0.879 bits per heavy atom. The number of rotatable bonds is 18. The molecule has 0 radical (unpaired) electrons. The number of ether oxygens (including phenoxy) is 1. The normalized spacial score (nSPS) is 11.2. The molecule has 0 fully saturated rings. The van der Waals surface area contributed by atoms with Gasteiger partial charge in [0.15, 0.2) is 0 Å². The molecule has 0 aliphatic carbocycles. The molecule has 0 bridgehead atoms. The van der Waals surface area contributed by atoms with Crippen molar-refractivity contribution in [2.75, 3.05) is 0 Å². The molecular weight excluding hydrogens is 400 g/mol. The molecular formula is C32H50O. The lowest BCUT2D eigenvalue weighted by Gasteiger charge is -2.19. The Kier molecular flexibility index (Phi) is 14.0. The van der Waals surface area contributed by atoms with Crippen molar-refractivity contribution in [3.05, 3.63) is 58.7 Å². The predicted molar refractivity (Wildman–Crippen MR) is 146 cm³/mol. The quantitative estimate of drug-likeness (QED) is 0.205. The minimum atomic E-state index is 1.07. The Morgan fingerprint density at radius 3 is 1.27 bits per heavy atom. The van der Waals surface area contributed by atoms with Gasteiger partial charge in [-0.25, -0.2) is 0 Å². The van der Waals surface area contributed by atoms with E-state index in [1.165, 1.54) is 99.3 Å². The molecule has 0 aliphatic rings. The fourth-order valence-corrected chi connectivity index (χ4v) is 4.93. The largest absolute Gasteiger partial charge is 0.457 e. The van der Waals surface area contributed by atoms with Gasteiger partial charge in [-0.2, -0.15) is 0 Å². The number of aryl methyl sites for hydroxylation is 2. The predicted octanol–water partition coefficient (Wildman–Crippen LogP) is 10.4. The molecule has 0 saturated carbocycles. The highest BCUT2D eigenvalue weighted by Crippen LogP contribution is 2.34. The van der Waals surface area contributed by atoms with Gasteiger partial charge < -0.3 is 4.74 Å². The summed E-state index contributed by atoms with van der Waals surface area (Å²) in [5.74, 6) is 2.17. The summed E-state index contributed by atoms with van der Waals surface area (Å²) in [6, 6.07) is 13.3. The van der Waals surface area contributed by atoms with Crippen LogP contribution in [0.3, 0.4) is 0 Å². The Bertz CT molecular complexity index is 711. The molecule has 0 amide bonds. The number of hydrogen-bond acceptors (Lipinski definition) is 1. The second-order valence-corrected chi connectivity index (χ2v) is 9.63. The fourth-order valence-electron chi connectivity index (χ4n) is 4.93. The second kappa shape index (κ2) is 16.8. The number of unbranched alkanes of at least 4 members (excludes halogenated alkanes) is 10. The average molecular weight is 451 g/mol. The zero-order chi connectivity index (χ0) is 23.7. The van der Waals surface area contributed by atoms with Crippen LogP contribution in [0.2, 0.25) is 0 Å². The third-order valence-electron chi connectivity index (χ3n) is 7.00. The lowest BCUT2D eigenvalue weighted by atomic mass is 9.96. The Morgan fingerprint density at radius 1 is 0.485 bits per heavy atom. The smallest absolute Gasteiger partial charge is 0.130 e. The molecule has 0 aromatic heterocycles. The van der Waals surface area contributed by atoms with E-state index in [-0.39, 0.29) is 0 Å². The molecule has 1 heteroatoms. The SMILES string of the molecule is CCCCCCCCc1c(CC)cccc1Oc1cccc(CC)c1CCCCCCCC. The van der Waals surface area contributed by atoms with E-state index in [0.717, 1.165) is 37.2 Å². The minimum Gasteiger partial charge on any atom is -0.457 e. The lowest BCUT2D eigenvalue weighted by molar-refractivity contribution is 0.464. The van der Waals surface area contributed by atoms with Crippen LogP contribution >= 0.6 is 0 Å². The molecule has 0 atom stereocenters. The Balaban J connectivity index is 2.11. The Labute approximate surface area is 205 Å². The van der Waals surface area contributed by atoms with Gasteiger partial charge in [0, 0.05) is 0 Å². The van der Waals surface area contributed by atoms with Crippen LogP contribution in [0.4, 0.5) is 0 Å². The zero-order valence-electron chi connectivity index (χ0n) is 22.2. The van der Waals surface area contributed by atoms with Crippen LogP contribution in [-0.4, -0.2) is 0 Å². The van der Waals surface area contributed by atoms with Crippen LogP contribution < -0.4 is 4.74 Å². The van der Waals surface area contributed by atoms with Gasteiger partial charge in [-0.15, -0.1) is 0 Å². The molecule has 0 unspecified atom stereocenters. The van der Waals surface area contributed by atoms with Crippen molar-refractivity contribution in [2.45, 2.75) is 130 Å². The summed E-state index contributed by atoms with van der Waals surface area (Å²) in [7, 11) is 0. The van der Waals surface area contributed by atoms with Gasteiger partial charge >= 0.3 is 0 Å². The van der Waals surface area contributed by atoms with Crippen molar-refractivity contribution < 1.29 is 4.74 Å². The second-order valence-electron chi connectivity index (χ2n) is 9.63. The summed E-state index contributed by atoms with van der Waals surface area (Å²) in [6.07, 6.45) is 20.4. The summed E-state index contributed by atoms with van der Waals surface area (Å²) in [4.78, 5) is 0. The summed E-state index contributed by atoms with van der Waals surface area (Å²) in [5, 5.41) is 0. The van der Waals surface area contributed by atoms with Crippen molar-refractivity contribution >= 4 is 0 Å². The van der Waals surface area contributed by atoms with E-state index in [1.807, 2.05) is 0 Å². The van der Waals surface area contributed by atoms with E-state index >= 15 is 0 Å². The van der Waals surface area contributed by atoms with Crippen LogP contribution in [0.15, 0.2) is 36.4 Å². The molecule has 2 aromatic carbocycles. The van der Waals surface area contributed by atoms with Crippen LogP contribution in [-0.2, 0) is 25.7 Å². The van der Waals surface area contributed by atoms with Crippen LogP contribution in [0.25, 0.3) is 0 Å². The first kappa shape index (κ1) is 27.5. The monoisotopic (exact) mass is 450 g/mol. The summed E-state index contributed by atoms with van der Waals surface area (Å²) >= 11 is 0. The lowest BCUT2D eigenvalue weighted by Crippen LogP contribution is -2.02. The van der Waals surface area contributed by atoms with Crippen LogP contribution in [0.5, 0.6) is 11.5 Å². The maximum Gasteiger partial charge on any atom is 0.130 e. The summed E-state index contributed by atoms with van der Waals surface area (Å²) in [5.41, 5.74) is 5.76. The van der Waals surface area contributed by atoms with Gasteiger partial charge in [0.1, 0.15) is 11.5 Å².